The Morgan fingerprint density at radius 1 is 1.10 bits per heavy atom. The molecule has 3 amide bonds. The van der Waals surface area contributed by atoms with Crippen molar-refractivity contribution in [2.75, 3.05) is 13.7 Å². The second kappa shape index (κ2) is 10.5. The van der Waals surface area contributed by atoms with E-state index in [0.29, 0.717) is 25.1 Å². The molecule has 0 unspecified atom stereocenters. The fraction of sp³-hybridized carbons (Fsp3) is 0.348. The van der Waals surface area contributed by atoms with Crippen molar-refractivity contribution < 1.29 is 23.9 Å². The van der Waals surface area contributed by atoms with E-state index in [-0.39, 0.29) is 13.0 Å². The molecule has 8 nitrogen and oxygen atoms in total. The van der Waals surface area contributed by atoms with E-state index in [0.717, 1.165) is 11.1 Å². The molecule has 0 aliphatic carbocycles. The van der Waals surface area contributed by atoms with Crippen molar-refractivity contribution in [3.63, 3.8) is 0 Å². The van der Waals surface area contributed by atoms with Crippen LogP contribution < -0.4 is 15.8 Å². The van der Waals surface area contributed by atoms with E-state index >= 15 is 0 Å². The molecule has 2 atom stereocenters. The van der Waals surface area contributed by atoms with E-state index in [1.165, 1.54) is 4.90 Å². The number of benzene rings is 2. The zero-order chi connectivity index (χ0) is 22.2. The number of ether oxygens (including phenoxy) is 2. The molecule has 1 aliphatic rings. The van der Waals surface area contributed by atoms with Gasteiger partial charge in [-0.25, -0.2) is 4.79 Å². The van der Waals surface area contributed by atoms with Gasteiger partial charge in [0.25, 0.3) is 0 Å². The SMILES string of the molecule is COc1ccc(C[C@@H](NC(=O)[C@H]2CCCN2C(=O)OCc2ccccc2)C(N)=O)cc1. The summed E-state index contributed by atoms with van der Waals surface area (Å²) in [4.78, 5) is 38.7. The van der Waals surface area contributed by atoms with Gasteiger partial charge in [-0.15, -0.1) is 0 Å². The molecule has 0 radical (unpaired) electrons. The Morgan fingerprint density at radius 2 is 1.81 bits per heavy atom. The highest BCUT2D eigenvalue weighted by atomic mass is 16.6. The van der Waals surface area contributed by atoms with Crippen LogP contribution in [0.4, 0.5) is 4.79 Å². The maximum atomic E-state index is 12.9. The van der Waals surface area contributed by atoms with Crippen LogP contribution in [0.3, 0.4) is 0 Å². The number of amides is 3. The smallest absolute Gasteiger partial charge is 0.410 e. The molecule has 8 heteroatoms. The lowest BCUT2D eigenvalue weighted by molar-refractivity contribution is -0.130. The van der Waals surface area contributed by atoms with Crippen molar-refractivity contribution >= 4 is 17.9 Å². The number of carbonyl (C=O) groups excluding carboxylic acids is 3. The Kier molecular flexibility index (Phi) is 7.48. The highest BCUT2D eigenvalue weighted by Gasteiger charge is 2.36. The third-order valence-corrected chi connectivity index (χ3v) is 5.25. The molecule has 1 aliphatic heterocycles. The van der Waals surface area contributed by atoms with E-state index in [1.54, 1.807) is 19.2 Å². The molecule has 1 saturated heterocycles. The summed E-state index contributed by atoms with van der Waals surface area (Å²) < 4.78 is 10.5. The van der Waals surface area contributed by atoms with Gasteiger partial charge in [-0.2, -0.15) is 0 Å². The summed E-state index contributed by atoms with van der Waals surface area (Å²) in [5.74, 6) is -0.356. The summed E-state index contributed by atoms with van der Waals surface area (Å²) in [6.07, 6.45) is 0.877. The lowest BCUT2D eigenvalue weighted by atomic mass is 10.0. The molecule has 3 N–H and O–H groups in total. The van der Waals surface area contributed by atoms with Crippen molar-refractivity contribution in [1.82, 2.24) is 10.2 Å². The van der Waals surface area contributed by atoms with E-state index in [4.69, 9.17) is 15.2 Å². The lowest BCUT2D eigenvalue weighted by Crippen LogP contribution is -2.53. The third-order valence-electron chi connectivity index (χ3n) is 5.25. The number of hydrogen-bond acceptors (Lipinski definition) is 5. The van der Waals surface area contributed by atoms with Gasteiger partial charge in [0.1, 0.15) is 24.4 Å². The number of nitrogens with one attached hydrogen (secondary N) is 1. The van der Waals surface area contributed by atoms with Crippen LogP contribution in [0, 0.1) is 0 Å². The maximum Gasteiger partial charge on any atom is 0.410 e. The summed E-state index contributed by atoms with van der Waals surface area (Å²) in [7, 11) is 1.57. The van der Waals surface area contributed by atoms with Gasteiger partial charge in [0, 0.05) is 13.0 Å². The zero-order valence-corrected chi connectivity index (χ0v) is 17.5. The van der Waals surface area contributed by atoms with Crippen molar-refractivity contribution in [3.05, 3.63) is 65.7 Å². The lowest BCUT2D eigenvalue weighted by Gasteiger charge is -2.25. The summed E-state index contributed by atoms with van der Waals surface area (Å²) in [5, 5.41) is 2.70. The topological polar surface area (TPSA) is 111 Å². The van der Waals surface area contributed by atoms with Crippen LogP contribution in [-0.4, -0.2) is 48.5 Å². The minimum atomic E-state index is -0.885. The second-order valence-corrected chi connectivity index (χ2v) is 7.41. The summed E-state index contributed by atoms with van der Waals surface area (Å²) in [6, 6.07) is 14.9. The highest BCUT2D eigenvalue weighted by Crippen LogP contribution is 2.20. The van der Waals surface area contributed by atoms with Crippen LogP contribution >= 0.6 is 0 Å². The number of hydrogen-bond donors (Lipinski definition) is 2. The van der Waals surface area contributed by atoms with Gasteiger partial charge in [0.15, 0.2) is 0 Å². The quantitative estimate of drug-likeness (QED) is 0.672. The molecule has 0 aromatic heterocycles. The van der Waals surface area contributed by atoms with Gasteiger partial charge in [-0.3, -0.25) is 14.5 Å². The standard InChI is InChI=1S/C23H27N3O5/c1-30-18-11-9-16(10-12-18)14-19(21(24)27)25-22(28)20-8-5-13-26(20)23(29)31-15-17-6-3-2-4-7-17/h2-4,6-7,9-12,19-20H,5,8,13-15H2,1H3,(H2,24,27)(H,25,28)/t19-,20-/m1/s1. The molecule has 0 spiro atoms. The number of methoxy groups -OCH3 is 1. The molecule has 3 rings (SSSR count). The fourth-order valence-corrected chi connectivity index (χ4v) is 3.55. The molecule has 2 aromatic carbocycles. The van der Waals surface area contributed by atoms with Gasteiger partial charge < -0.3 is 20.5 Å². The van der Waals surface area contributed by atoms with Gasteiger partial charge >= 0.3 is 6.09 Å². The average Bonchev–Trinajstić information content (AvgIpc) is 3.28. The van der Waals surface area contributed by atoms with Crippen molar-refractivity contribution in [2.24, 2.45) is 5.73 Å². The fourth-order valence-electron chi connectivity index (χ4n) is 3.55. The van der Waals surface area contributed by atoms with Gasteiger partial charge in [-0.1, -0.05) is 42.5 Å². The number of primary amides is 1. The summed E-state index contributed by atoms with van der Waals surface area (Å²) >= 11 is 0. The molecule has 0 saturated carbocycles. The Hall–Kier alpha value is -3.55. The number of carbonyl (C=O) groups is 3. The molecule has 31 heavy (non-hydrogen) atoms. The molecular weight excluding hydrogens is 398 g/mol. The van der Waals surface area contributed by atoms with Crippen molar-refractivity contribution in [3.8, 4) is 5.75 Å². The normalized spacial score (nSPS) is 16.4. The first-order valence-electron chi connectivity index (χ1n) is 10.2. The maximum absolute atomic E-state index is 12.9. The molecule has 1 heterocycles. The Labute approximate surface area is 181 Å². The van der Waals surface area contributed by atoms with E-state index in [1.807, 2.05) is 42.5 Å². The zero-order valence-electron chi connectivity index (χ0n) is 17.5. The first-order valence-corrected chi connectivity index (χ1v) is 10.2. The minimum absolute atomic E-state index is 0.131. The Bertz CT molecular complexity index is 901. The number of rotatable bonds is 8. The first kappa shape index (κ1) is 22.1. The van der Waals surface area contributed by atoms with E-state index < -0.39 is 30.0 Å². The van der Waals surface area contributed by atoms with Gasteiger partial charge in [-0.05, 0) is 36.1 Å². The van der Waals surface area contributed by atoms with E-state index in [2.05, 4.69) is 5.32 Å². The van der Waals surface area contributed by atoms with Crippen LogP contribution in [0.25, 0.3) is 0 Å². The summed E-state index contributed by atoms with van der Waals surface area (Å²) in [6.45, 7) is 0.553. The predicted molar refractivity (Wildman–Crippen MR) is 114 cm³/mol. The monoisotopic (exact) mass is 425 g/mol. The van der Waals surface area contributed by atoms with Gasteiger partial charge in [0.2, 0.25) is 11.8 Å². The Morgan fingerprint density at radius 3 is 2.45 bits per heavy atom. The van der Waals surface area contributed by atoms with Crippen LogP contribution in [-0.2, 0) is 27.4 Å². The molecular formula is C23H27N3O5. The molecule has 1 fully saturated rings. The number of likely N-dealkylation sites (tertiary alicyclic amines) is 1. The number of nitrogens with two attached hydrogens (primary N) is 1. The second-order valence-electron chi connectivity index (χ2n) is 7.41. The third kappa shape index (κ3) is 5.97. The van der Waals surface area contributed by atoms with Crippen molar-refractivity contribution in [1.29, 1.82) is 0 Å². The first-order chi connectivity index (χ1) is 15.0. The predicted octanol–water partition coefficient (Wildman–Crippen LogP) is 2.01. The van der Waals surface area contributed by atoms with Crippen LogP contribution in [0.15, 0.2) is 54.6 Å². The molecule has 2 aromatic rings. The van der Waals surface area contributed by atoms with Crippen molar-refractivity contribution in [2.45, 2.75) is 38.0 Å². The largest absolute Gasteiger partial charge is 0.497 e. The average molecular weight is 425 g/mol. The summed E-state index contributed by atoms with van der Waals surface area (Å²) in [5.41, 5.74) is 7.20. The number of nitrogens with zero attached hydrogens (tertiary/aromatic N) is 1. The van der Waals surface area contributed by atoms with Crippen LogP contribution in [0.5, 0.6) is 5.75 Å². The van der Waals surface area contributed by atoms with E-state index in [9.17, 15) is 14.4 Å². The Balaban J connectivity index is 1.59. The highest BCUT2D eigenvalue weighted by molar-refractivity contribution is 5.91. The van der Waals surface area contributed by atoms with Crippen LogP contribution in [0.2, 0.25) is 0 Å². The minimum Gasteiger partial charge on any atom is -0.497 e. The van der Waals surface area contributed by atoms with Crippen LogP contribution in [0.1, 0.15) is 24.0 Å². The van der Waals surface area contributed by atoms with Gasteiger partial charge in [0.05, 0.1) is 7.11 Å². The molecule has 0 bridgehead atoms. The molecule has 164 valence electrons.